The maximum absolute atomic E-state index is 12.6. The van der Waals surface area contributed by atoms with Crippen LogP contribution in [0.2, 0.25) is 0 Å². The van der Waals surface area contributed by atoms with E-state index >= 15 is 0 Å². The van der Waals surface area contributed by atoms with Crippen LogP contribution in [0.15, 0.2) is 24.4 Å². The molecule has 0 atom stereocenters. The summed E-state index contributed by atoms with van der Waals surface area (Å²) in [5.41, 5.74) is 3.10. The molecule has 1 aliphatic heterocycles. The second kappa shape index (κ2) is 7.16. The number of fused-ring (bicyclic) bond motifs is 1. The van der Waals surface area contributed by atoms with E-state index < -0.39 is 0 Å². The Bertz CT molecular complexity index is 647. The minimum absolute atomic E-state index is 0.0955. The Morgan fingerprint density at radius 1 is 1.27 bits per heavy atom. The van der Waals surface area contributed by atoms with Gasteiger partial charge in [0.25, 0.3) is 5.91 Å². The topological polar surface area (TPSA) is 45.3 Å². The Kier molecular flexibility index (Phi) is 5.01. The molecule has 0 saturated carbocycles. The highest BCUT2D eigenvalue weighted by Gasteiger charge is 2.19. The molecule has 0 bridgehead atoms. The summed E-state index contributed by atoms with van der Waals surface area (Å²) >= 11 is 5.74. The van der Waals surface area contributed by atoms with Crippen LogP contribution in [-0.2, 0) is 11.2 Å². The monoisotopic (exact) mass is 320 g/mol. The van der Waals surface area contributed by atoms with Crippen LogP contribution in [0.5, 0.6) is 0 Å². The van der Waals surface area contributed by atoms with Crippen molar-refractivity contribution in [3.05, 3.63) is 35.5 Å². The van der Waals surface area contributed by atoms with Crippen molar-refractivity contribution in [1.82, 2.24) is 9.88 Å². The van der Waals surface area contributed by atoms with Crippen molar-refractivity contribution in [3.63, 3.8) is 0 Å². The quantitative estimate of drug-likeness (QED) is 0.679. The van der Waals surface area contributed by atoms with Crippen LogP contribution >= 0.6 is 11.6 Å². The van der Waals surface area contributed by atoms with Crippen LogP contribution in [0.3, 0.4) is 0 Å². The number of morpholine rings is 1. The number of hydrogen-bond acceptors (Lipinski definition) is 2. The van der Waals surface area contributed by atoms with Gasteiger partial charge >= 0.3 is 0 Å². The van der Waals surface area contributed by atoms with Crippen LogP contribution in [0.4, 0.5) is 0 Å². The molecule has 1 fully saturated rings. The number of carbonyl (C=O) groups is 1. The van der Waals surface area contributed by atoms with Gasteiger partial charge in [-0.1, -0.05) is 0 Å². The Morgan fingerprint density at radius 2 is 2.09 bits per heavy atom. The Labute approximate surface area is 135 Å². The van der Waals surface area contributed by atoms with E-state index in [4.69, 9.17) is 16.3 Å². The van der Waals surface area contributed by atoms with Crippen LogP contribution in [0.1, 0.15) is 28.8 Å². The molecule has 1 N–H and O–H groups in total. The highest BCUT2D eigenvalue weighted by atomic mass is 35.5. The zero-order valence-corrected chi connectivity index (χ0v) is 13.4. The molecule has 0 unspecified atom stereocenters. The number of unbranched alkanes of at least 4 members (excludes halogenated alkanes) is 1. The number of aromatic nitrogens is 1. The first kappa shape index (κ1) is 15.4. The molecule has 2 aromatic rings. The number of halogens is 1. The van der Waals surface area contributed by atoms with Crippen molar-refractivity contribution in [2.24, 2.45) is 0 Å². The van der Waals surface area contributed by atoms with E-state index in [1.165, 1.54) is 5.56 Å². The SMILES string of the molecule is O=C(c1ccc2[nH]cc(CCCCCl)c2c1)N1CCOCC1. The number of carbonyl (C=O) groups excluding carboxylic acids is 1. The Hall–Kier alpha value is -1.52. The molecular formula is C17H21ClN2O2. The number of alkyl halides is 1. The second-order valence-electron chi connectivity index (χ2n) is 5.62. The number of rotatable bonds is 5. The second-order valence-corrected chi connectivity index (χ2v) is 6.00. The lowest BCUT2D eigenvalue weighted by molar-refractivity contribution is 0.0303. The first-order chi connectivity index (χ1) is 10.8. The maximum Gasteiger partial charge on any atom is 0.254 e. The first-order valence-electron chi connectivity index (χ1n) is 7.82. The van der Waals surface area contributed by atoms with Crippen molar-refractivity contribution < 1.29 is 9.53 Å². The molecule has 0 aliphatic carbocycles. The molecule has 1 amide bonds. The van der Waals surface area contributed by atoms with Gasteiger partial charge in [-0.2, -0.15) is 0 Å². The first-order valence-corrected chi connectivity index (χ1v) is 8.36. The van der Waals surface area contributed by atoms with E-state index in [1.807, 2.05) is 29.3 Å². The largest absolute Gasteiger partial charge is 0.378 e. The minimum Gasteiger partial charge on any atom is -0.378 e. The van der Waals surface area contributed by atoms with Crippen LogP contribution < -0.4 is 0 Å². The number of benzene rings is 1. The van der Waals surface area contributed by atoms with Gasteiger partial charge in [-0.05, 0) is 43.0 Å². The molecular weight excluding hydrogens is 300 g/mol. The van der Waals surface area contributed by atoms with Gasteiger partial charge in [0.05, 0.1) is 13.2 Å². The molecule has 1 aliphatic rings. The lowest BCUT2D eigenvalue weighted by atomic mass is 10.0. The van der Waals surface area contributed by atoms with E-state index in [1.54, 1.807) is 0 Å². The standard InChI is InChI=1S/C17H21ClN2O2/c18-6-2-1-3-14-12-19-16-5-4-13(11-15(14)16)17(21)20-7-9-22-10-8-20/h4-5,11-12,19H,1-3,6-10H2. The maximum atomic E-state index is 12.6. The molecule has 5 heteroatoms. The zero-order valence-electron chi connectivity index (χ0n) is 12.6. The van der Waals surface area contributed by atoms with Gasteiger partial charge in [0.1, 0.15) is 0 Å². The molecule has 4 nitrogen and oxygen atoms in total. The third-order valence-corrected chi connectivity index (χ3v) is 4.41. The summed E-state index contributed by atoms with van der Waals surface area (Å²) in [6, 6.07) is 5.91. The molecule has 1 saturated heterocycles. The number of amides is 1. The van der Waals surface area contributed by atoms with Gasteiger partial charge in [-0.3, -0.25) is 4.79 Å². The van der Waals surface area contributed by atoms with Gasteiger partial charge < -0.3 is 14.6 Å². The van der Waals surface area contributed by atoms with Crippen LogP contribution in [0, 0.1) is 0 Å². The Morgan fingerprint density at radius 3 is 2.86 bits per heavy atom. The van der Waals surface area contributed by atoms with Crippen LogP contribution in [0.25, 0.3) is 10.9 Å². The smallest absolute Gasteiger partial charge is 0.254 e. The fourth-order valence-corrected chi connectivity index (χ4v) is 3.07. The van der Waals surface area contributed by atoms with Crippen molar-refractivity contribution in [2.45, 2.75) is 19.3 Å². The molecule has 1 aromatic carbocycles. The lowest BCUT2D eigenvalue weighted by Crippen LogP contribution is -2.40. The highest BCUT2D eigenvalue weighted by molar-refractivity contribution is 6.17. The van der Waals surface area contributed by atoms with E-state index in [2.05, 4.69) is 4.98 Å². The van der Waals surface area contributed by atoms with Gasteiger partial charge in [-0.25, -0.2) is 0 Å². The third-order valence-electron chi connectivity index (χ3n) is 4.14. The summed E-state index contributed by atoms with van der Waals surface area (Å²) in [7, 11) is 0. The molecule has 22 heavy (non-hydrogen) atoms. The molecule has 2 heterocycles. The van der Waals surface area contributed by atoms with Crippen molar-refractivity contribution in [1.29, 1.82) is 0 Å². The number of nitrogens with zero attached hydrogens (tertiary/aromatic N) is 1. The predicted octanol–water partition coefficient (Wildman–Crippen LogP) is 3.20. The normalized spacial score (nSPS) is 15.4. The van der Waals surface area contributed by atoms with Gasteiger partial charge in [0.2, 0.25) is 0 Å². The molecule has 0 spiro atoms. The highest BCUT2D eigenvalue weighted by Crippen LogP contribution is 2.22. The zero-order chi connectivity index (χ0) is 15.4. The van der Waals surface area contributed by atoms with Crippen molar-refractivity contribution in [3.8, 4) is 0 Å². The number of hydrogen-bond donors (Lipinski definition) is 1. The summed E-state index contributed by atoms with van der Waals surface area (Å²) in [5.74, 6) is 0.793. The fraction of sp³-hybridized carbons (Fsp3) is 0.471. The van der Waals surface area contributed by atoms with Gasteiger partial charge in [0.15, 0.2) is 0 Å². The average Bonchev–Trinajstić information content (AvgIpc) is 2.98. The van der Waals surface area contributed by atoms with E-state index in [9.17, 15) is 4.79 Å². The number of H-pyrrole nitrogens is 1. The van der Waals surface area contributed by atoms with E-state index in [0.29, 0.717) is 32.2 Å². The number of aromatic amines is 1. The van der Waals surface area contributed by atoms with Gasteiger partial charge in [0, 0.05) is 41.6 Å². The number of ether oxygens (including phenoxy) is 1. The molecule has 3 rings (SSSR count). The summed E-state index contributed by atoms with van der Waals surface area (Å²) in [6.07, 6.45) is 5.11. The van der Waals surface area contributed by atoms with Crippen molar-refractivity contribution in [2.75, 3.05) is 32.2 Å². The van der Waals surface area contributed by atoms with Gasteiger partial charge in [-0.15, -0.1) is 11.6 Å². The average molecular weight is 321 g/mol. The minimum atomic E-state index is 0.0955. The summed E-state index contributed by atoms with van der Waals surface area (Å²) < 4.78 is 5.31. The summed E-state index contributed by atoms with van der Waals surface area (Å²) in [4.78, 5) is 17.7. The Balaban J connectivity index is 1.81. The van der Waals surface area contributed by atoms with Crippen LogP contribution in [-0.4, -0.2) is 48.0 Å². The summed E-state index contributed by atoms with van der Waals surface area (Å²) in [6.45, 7) is 2.60. The van der Waals surface area contributed by atoms with Crippen molar-refractivity contribution >= 4 is 28.4 Å². The molecule has 118 valence electrons. The lowest BCUT2D eigenvalue weighted by Gasteiger charge is -2.26. The number of aryl methyl sites for hydroxylation is 1. The van der Waals surface area contributed by atoms with E-state index in [-0.39, 0.29) is 5.91 Å². The molecule has 0 radical (unpaired) electrons. The van der Waals surface area contributed by atoms with E-state index in [0.717, 1.165) is 35.7 Å². The molecule has 1 aromatic heterocycles. The fourth-order valence-electron chi connectivity index (χ4n) is 2.88. The number of nitrogens with one attached hydrogen (secondary N) is 1. The predicted molar refractivity (Wildman–Crippen MR) is 88.7 cm³/mol. The third kappa shape index (κ3) is 3.28. The summed E-state index contributed by atoms with van der Waals surface area (Å²) in [5, 5.41) is 1.15.